The molecule has 4 aromatic carbocycles. The first kappa shape index (κ1) is 30.2. The topological polar surface area (TPSA) is 3.24 Å². The van der Waals surface area contributed by atoms with Crippen LogP contribution in [0.1, 0.15) is 88.0 Å². The van der Waals surface area contributed by atoms with Gasteiger partial charge in [-0.2, -0.15) is 4.44 Å². The quantitative estimate of drug-likeness (QED) is 0.205. The summed E-state index contributed by atoms with van der Waals surface area (Å²) >= 11 is 0. The Hall–Kier alpha value is -2.30. The molecule has 1 nitrogen and oxygen atoms in total. The number of benzene rings is 4. The van der Waals surface area contributed by atoms with Crippen molar-refractivity contribution in [1.29, 1.82) is 0 Å². The molecule has 5 rings (SSSR count). The summed E-state index contributed by atoms with van der Waals surface area (Å²) in [7, 11) is 0.0720. The summed E-state index contributed by atoms with van der Waals surface area (Å²) in [6, 6.07) is 41.9. The standard InChI is InChI=1S/C38H48NP2/c1-37(2,3)31-23-19-29(20-24-31)35-27-28-36(30-21-25-32(26-22-30)38(4,5)6)41(35,8)39(7)40(33-15-11-9-12-16-33)34-17-13-10-14-18-34/h9-26,35-36H,27-28H2,1-8H3/q+1/t35-,36-/m0/s1. The highest BCUT2D eigenvalue weighted by Crippen LogP contribution is 2.87. The average Bonchev–Trinajstić information content (AvgIpc) is 3.31. The van der Waals surface area contributed by atoms with Crippen LogP contribution in [0.25, 0.3) is 0 Å². The van der Waals surface area contributed by atoms with Gasteiger partial charge in [-0.05, 0) is 56.5 Å². The Morgan fingerprint density at radius 2 is 0.902 bits per heavy atom. The molecule has 1 heterocycles. The van der Waals surface area contributed by atoms with Crippen LogP contribution in [-0.4, -0.2) is 18.2 Å². The van der Waals surface area contributed by atoms with E-state index in [0.717, 1.165) is 0 Å². The van der Waals surface area contributed by atoms with E-state index in [1.807, 2.05) is 0 Å². The summed E-state index contributed by atoms with van der Waals surface area (Å²) in [5, 5.41) is 2.88. The third kappa shape index (κ3) is 6.11. The molecule has 0 aliphatic carbocycles. The maximum absolute atomic E-state index is 2.89. The molecule has 3 heteroatoms. The monoisotopic (exact) mass is 580 g/mol. The second-order valence-corrected chi connectivity index (χ2v) is 20.5. The molecule has 4 aromatic rings. The van der Waals surface area contributed by atoms with Crippen LogP contribution >= 0.6 is 15.5 Å². The predicted octanol–water partition coefficient (Wildman–Crippen LogP) is 10.4. The molecule has 1 saturated heterocycles. The fourth-order valence-electron chi connectivity index (χ4n) is 6.62. The molecule has 41 heavy (non-hydrogen) atoms. The molecule has 1 aliphatic heterocycles. The van der Waals surface area contributed by atoms with E-state index in [-0.39, 0.29) is 10.8 Å². The Balaban J connectivity index is 1.64. The number of rotatable bonds is 6. The lowest BCUT2D eigenvalue weighted by molar-refractivity contribution is 0.589. The summed E-state index contributed by atoms with van der Waals surface area (Å²) in [5.41, 5.74) is 7.29. The van der Waals surface area contributed by atoms with Crippen LogP contribution in [0.5, 0.6) is 0 Å². The fourth-order valence-corrected chi connectivity index (χ4v) is 15.5. The minimum Gasteiger partial charge on any atom is -0.154 e. The molecule has 214 valence electrons. The van der Waals surface area contributed by atoms with Gasteiger partial charge >= 0.3 is 0 Å². The van der Waals surface area contributed by atoms with Crippen molar-refractivity contribution in [3.63, 3.8) is 0 Å². The fraction of sp³-hybridized carbons (Fsp3) is 0.368. The van der Waals surface area contributed by atoms with Crippen LogP contribution in [0.3, 0.4) is 0 Å². The maximum Gasteiger partial charge on any atom is 0.111 e. The van der Waals surface area contributed by atoms with Crippen LogP contribution < -0.4 is 10.6 Å². The molecule has 0 aromatic heterocycles. The Labute approximate surface area is 251 Å². The Morgan fingerprint density at radius 3 is 1.22 bits per heavy atom. The summed E-state index contributed by atoms with van der Waals surface area (Å²) in [5.74, 6) is 0. The Morgan fingerprint density at radius 1 is 0.561 bits per heavy atom. The van der Waals surface area contributed by atoms with E-state index in [9.17, 15) is 0 Å². The van der Waals surface area contributed by atoms with Gasteiger partial charge in [-0.25, -0.2) is 0 Å². The van der Waals surface area contributed by atoms with Crippen molar-refractivity contribution < 1.29 is 0 Å². The highest BCUT2D eigenvalue weighted by Gasteiger charge is 2.59. The first-order chi connectivity index (χ1) is 19.4. The van der Waals surface area contributed by atoms with Gasteiger partial charge < -0.3 is 0 Å². The zero-order chi connectivity index (χ0) is 29.4. The van der Waals surface area contributed by atoms with Crippen LogP contribution in [0, 0.1) is 0 Å². The molecule has 0 radical (unpaired) electrons. The van der Waals surface area contributed by atoms with Crippen molar-refractivity contribution in [3.8, 4) is 0 Å². The summed E-state index contributed by atoms with van der Waals surface area (Å²) < 4.78 is 2.89. The Kier molecular flexibility index (Phi) is 8.66. The van der Waals surface area contributed by atoms with Crippen molar-refractivity contribution in [3.05, 3.63) is 131 Å². The van der Waals surface area contributed by atoms with E-state index < -0.39 is 15.5 Å². The first-order valence-corrected chi connectivity index (χ1v) is 18.7. The van der Waals surface area contributed by atoms with E-state index in [1.54, 1.807) is 0 Å². The van der Waals surface area contributed by atoms with E-state index in [4.69, 9.17) is 0 Å². The second-order valence-electron chi connectivity index (χ2n) is 13.9. The van der Waals surface area contributed by atoms with Crippen molar-refractivity contribution in [2.45, 2.75) is 76.5 Å². The van der Waals surface area contributed by atoms with Crippen molar-refractivity contribution >= 4 is 26.1 Å². The molecule has 1 fully saturated rings. The van der Waals surface area contributed by atoms with Crippen LogP contribution in [0.15, 0.2) is 109 Å². The summed E-state index contributed by atoms with van der Waals surface area (Å²) in [6.07, 6.45) is 2.48. The van der Waals surface area contributed by atoms with E-state index in [1.165, 1.54) is 45.7 Å². The number of hydrogen-bond acceptors (Lipinski definition) is 1. The zero-order valence-corrected chi connectivity index (χ0v) is 28.1. The summed E-state index contributed by atoms with van der Waals surface area (Å²) in [6.45, 7) is 16.5. The molecule has 0 spiro atoms. The minimum atomic E-state index is -1.71. The van der Waals surface area contributed by atoms with E-state index in [0.29, 0.717) is 11.3 Å². The SMILES string of the molecule is CN(P(c1ccccc1)c1ccccc1)[P+]1(C)[C@H](c2ccc(C(C)(C)C)cc2)CC[C@H]1c1ccc(C(C)(C)C)cc1. The molecule has 0 saturated carbocycles. The van der Waals surface area contributed by atoms with Gasteiger partial charge in [-0.3, -0.25) is 0 Å². The van der Waals surface area contributed by atoms with Gasteiger partial charge in [0.25, 0.3) is 0 Å². The molecule has 2 atom stereocenters. The third-order valence-electron chi connectivity index (χ3n) is 9.21. The molecule has 1 aliphatic rings. The van der Waals surface area contributed by atoms with Gasteiger partial charge in [0.15, 0.2) is 0 Å². The van der Waals surface area contributed by atoms with Crippen molar-refractivity contribution in [1.82, 2.24) is 4.44 Å². The molecule has 0 amide bonds. The zero-order valence-electron chi connectivity index (χ0n) is 26.3. The first-order valence-electron chi connectivity index (χ1n) is 15.1. The van der Waals surface area contributed by atoms with Gasteiger partial charge in [0, 0.05) is 7.05 Å². The minimum absolute atomic E-state index is 0.162. The highest BCUT2D eigenvalue weighted by molar-refractivity contribution is 7.86. The molecular weight excluding hydrogens is 532 g/mol. The maximum atomic E-state index is 2.89. The summed E-state index contributed by atoms with van der Waals surface area (Å²) in [4.78, 5) is 0. The van der Waals surface area contributed by atoms with Crippen LogP contribution in [-0.2, 0) is 10.8 Å². The third-order valence-corrected chi connectivity index (χ3v) is 17.9. The van der Waals surface area contributed by atoms with Crippen molar-refractivity contribution in [2.75, 3.05) is 13.7 Å². The lowest BCUT2D eigenvalue weighted by Gasteiger charge is -2.42. The lowest BCUT2D eigenvalue weighted by atomic mass is 9.86. The normalized spacial score (nSPS) is 19.2. The average molecular weight is 581 g/mol. The highest BCUT2D eigenvalue weighted by atomic mass is 31.2. The predicted molar refractivity (Wildman–Crippen MR) is 185 cm³/mol. The molecule has 0 N–H and O–H groups in total. The lowest BCUT2D eigenvalue weighted by Crippen LogP contribution is -2.28. The van der Waals surface area contributed by atoms with Gasteiger partial charge in [0.05, 0.1) is 22.2 Å². The largest absolute Gasteiger partial charge is 0.154 e. The molecule has 0 unspecified atom stereocenters. The van der Waals surface area contributed by atoms with E-state index >= 15 is 0 Å². The second kappa shape index (κ2) is 11.8. The molecular formula is C38H48NP2+. The number of nitrogens with zero attached hydrogens (tertiary/aromatic N) is 1. The van der Waals surface area contributed by atoms with Gasteiger partial charge in [0.1, 0.15) is 11.3 Å². The van der Waals surface area contributed by atoms with Crippen molar-refractivity contribution in [2.24, 2.45) is 0 Å². The van der Waals surface area contributed by atoms with Gasteiger partial charge in [-0.15, -0.1) is 0 Å². The van der Waals surface area contributed by atoms with Gasteiger partial charge in [-0.1, -0.05) is 151 Å². The number of hydrogen-bond donors (Lipinski definition) is 0. The Bertz CT molecular complexity index is 1310. The molecule has 0 bridgehead atoms. The van der Waals surface area contributed by atoms with Crippen LogP contribution in [0.2, 0.25) is 0 Å². The smallest absolute Gasteiger partial charge is 0.111 e. The van der Waals surface area contributed by atoms with Crippen LogP contribution in [0.4, 0.5) is 0 Å². The van der Waals surface area contributed by atoms with Gasteiger partial charge in [0.2, 0.25) is 0 Å². The van der Waals surface area contributed by atoms with E-state index in [2.05, 4.69) is 169 Å².